The topological polar surface area (TPSA) is 243 Å². The van der Waals surface area contributed by atoms with E-state index in [0.29, 0.717) is 12.0 Å². The fourth-order valence-corrected chi connectivity index (χ4v) is 14.4. The summed E-state index contributed by atoms with van der Waals surface area (Å²) in [4.78, 5) is 57.6. The zero-order valence-electron chi connectivity index (χ0n) is 36.3. The van der Waals surface area contributed by atoms with Crippen molar-refractivity contribution in [3.05, 3.63) is 131 Å². The van der Waals surface area contributed by atoms with Gasteiger partial charge >= 0.3 is 0 Å². The molecule has 0 saturated heterocycles. The van der Waals surface area contributed by atoms with E-state index in [-0.39, 0.29) is 23.6 Å². The molecule has 2 amide bonds. The number of primary amides is 1. The molecule has 0 bridgehead atoms. The van der Waals surface area contributed by atoms with E-state index in [9.17, 15) is 44.7 Å². The maximum absolute atomic E-state index is 14.3. The number of ketones is 2. The van der Waals surface area contributed by atoms with E-state index in [1.54, 1.807) is 13.0 Å². The summed E-state index contributed by atoms with van der Waals surface area (Å²) in [6.45, 7) is 1.65. The maximum Gasteiger partial charge on any atom is 0.255 e. The highest BCUT2D eigenvalue weighted by Gasteiger charge is 2.68. The lowest BCUT2D eigenvalue weighted by Gasteiger charge is -2.53. The third-order valence-corrected chi connectivity index (χ3v) is 17.4. The average Bonchev–Trinajstić information content (AvgIpc) is 3.27. The fourth-order valence-electron chi connectivity index (χ4n) is 9.98. The number of nitrogens with zero attached hydrogens (tertiary/aromatic N) is 1. The van der Waals surface area contributed by atoms with Crippen molar-refractivity contribution in [2.75, 3.05) is 32.7 Å². The molecule has 0 heterocycles. The molecule has 1 saturated carbocycles. The van der Waals surface area contributed by atoms with Crippen LogP contribution in [0.25, 0.3) is 5.76 Å². The average molecular weight is 894 g/mol. The Bertz CT molecular complexity index is 2330. The molecule has 1 fully saturated rings. The van der Waals surface area contributed by atoms with Gasteiger partial charge in [-0.25, -0.2) is 0 Å². The van der Waals surface area contributed by atoms with Gasteiger partial charge in [0.2, 0.25) is 11.7 Å². The second-order valence-electron chi connectivity index (χ2n) is 16.7. The number of aliphatic hydroxyl groups is 4. The zero-order chi connectivity index (χ0) is 46.5. The number of phenols is 1. The molecule has 0 aliphatic heterocycles. The minimum Gasteiger partial charge on any atom is -0.724 e. The van der Waals surface area contributed by atoms with Gasteiger partial charge in [-0.2, -0.15) is 0 Å². The number of aliphatic hydroxyl groups excluding tert-OH is 3. The van der Waals surface area contributed by atoms with Crippen molar-refractivity contribution in [1.82, 2.24) is 4.90 Å². The van der Waals surface area contributed by atoms with Crippen LogP contribution in [0, 0.1) is 11.8 Å². The standard InChI is InChI=1S/C48H52N3O9P.CH4O2/c1-28-32-25-26-33(41(53)36(32)42(54)37-35(28)43(55)39-40(51(2)3)44(56)38(47(49)59)46(58)48(39,60)45(37)57)50-34(52)24-16-5-4-6-17-27-61(29-18-10-7-11-19-29,30-20-12-8-13-21-30)31-22-14-9-15-23-31;1-3-2/h7-15,18-23,25-26,28,35,39-40,43,55,60H,4-6,16-17,24,27H2,1-3H3,(H5-,49,50,52,53,54,56,57,58,59);2H,1H3/t28-,35+,39+,40-,43-,48-;/m0./s1. The summed E-state index contributed by atoms with van der Waals surface area (Å²) in [6, 6.07) is 33.9. The molecule has 0 radical (unpaired) electrons. The van der Waals surface area contributed by atoms with Gasteiger partial charge in [0.05, 0.1) is 35.5 Å². The largest absolute Gasteiger partial charge is 0.724 e. The van der Waals surface area contributed by atoms with Crippen LogP contribution < -0.4 is 32.2 Å². The monoisotopic (exact) mass is 893 g/mol. The van der Waals surface area contributed by atoms with Gasteiger partial charge < -0.3 is 46.7 Å². The van der Waals surface area contributed by atoms with E-state index >= 15 is 0 Å². The van der Waals surface area contributed by atoms with Crippen LogP contribution in [0.15, 0.2) is 120 Å². The smallest absolute Gasteiger partial charge is 0.255 e. The molecule has 15 heteroatoms. The number of rotatable bonds is 14. The number of benzene rings is 4. The number of hydrogen-bond acceptors (Lipinski definition) is 12. The van der Waals surface area contributed by atoms with Crippen LogP contribution in [0.1, 0.15) is 62.5 Å². The number of aromatic hydroxyl groups is 1. The molecule has 4 aromatic carbocycles. The summed E-state index contributed by atoms with van der Waals surface area (Å²) < 4.78 is 0. The summed E-state index contributed by atoms with van der Waals surface area (Å²) in [5, 5.41) is 73.3. The van der Waals surface area contributed by atoms with Gasteiger partial charge in [-0.05, 0) is 87.3 Å². The summed E-state index contributed by atoms with van der Waals surface area (Å²) in [5.41, 5.74) is 1.07. The first-order chi connectivity index (χ1) is 30.6. The van der Waals surface area contributed by atoms with Crippen LogP contribution in [-0.2, 0) is 24.1 Å². The first kappa shape index (κ1) is 47.7. The Morgan fingerprint density at radius 3 is 1.83 bits per heavy atom. The number of unbranched alkanes of at least 4 members (excludes halogenated alkanes) is 4. The van der Waals surface area contributed by atoms with Gasteiger partial charge in [0.1, 0.15) is 46.0 Å². The van der Waals surface area contributed by atoms with E-state index in [1.807, 2.05) is 0 Å². The van der Waals surface area contributed by atoms with Crippen LogP contribution in [-0.4, -0.2) is 98.9 Å². The number of hydrogen-bond donors (Lipinski definition) is 7. The molecule has 4 aromatic rings. The second-order valence-corrected chi connectivity index (χ2v) is 20.4. The third kappa shape index (κ3) is 8.49. The van der Waals surface area contributed by atoms with E-state index < -0.39 is 88.7 Å². The Kier molecular flexibility index (Phi) is 14.9. The zero-order valence-corrected chi connectivity index (χ0v) is 37.2. The van der Waals surface area contributed by atoms with Crippen LogP contribution in [0.2, 0.25) is 0 Å². The van der Waals surface area contributed by atoms with Crippen LogP contribution >= 0.6 is 7.26 Å². The fraction of sp³-hybridized carbons (Fsp3) is 0.347. The number of amides is 2. The quantitative estimate of drug-likeness (QED) is 0.0240. The van der Waals surface area contributed by atoms with Crippen molar-refractivity contribution >= 4 is 58.0 Å². The predicted octanol–water partition coefficient (Wildman–Crippen LogP) is 3.68. The highest BCUT2D eigenvalue weighted by atomic mass is 31.2. The number of anilines is 1. The summed E-state index contributed by atoms with van der Waals surface area (Å²) in [5.74, 6) is -10.1. The number of carbonyl (C=O) groups excluding carboxylic acids is 4. The molecular formula is C49H56N3O11P. The van der Waals surface area contributed by atoms with Gasteiger partial charge in [-0.3, -0.25) is 24.1 Å². The number of fused-ring (bicyclic) bond motifs is 3. The molecular weight excluding hydrogens is 838 g/mol. The molecule has 3 aliphatic carbocycles. The molecule has 6 atom stereocenters. The molecule has 3 aliphatic rings. The minimum absolute atomic E-state index is 0.0142. The Hall–Kier alpha value is -5.73. The van der Waals surface area contributed by atoms with Crippen LogP contribution in [0.5, 0.6) is 5.75 Å². The lowest BCUT2D eigenvalue weighted by molar-refractivity contribution is -0.679. The van der Waals surface area contributed by atoms with Crippen molar-refractivity contribution in [2.24, 2.45) is 17.6 Å². The first-order valence-corrected chi connectivity index (χ1v) is 23.3. The first-order valence-electron chi connectivity index (χ1n) is 21.3. The summed E-state index contributed by atoms with van der Waals surface area (Å²) >= 11 is 0. The summed E-state index contributed by atoms with van der Waals surface area (Å²) in [7, 11) is 2.05. The Morgan fingerprint density at radius 1 is 0.828 bits per heavy atom. The number of likely N-dealkylation sites (N-methyl/N-ethyl adjacent to an activating group) is 1. The minimum atomic E-state index is -3.01. The predicted molar refractivity (Wildman–Crippen MR) is 244 cm³/mol. The van der Waals surface area contributed by atoms with E-state index in [2.05, 4.69) is 101 Å². The van der Waals surface area contributed by atoms with Crippen LogP contribution in [0.3, 0.4) is 0 Å². The Balaban J connectivity index is 0.00000220. The molecule has 0 spiro atoms. The van der Waals surface area contributed by atoms with Crippen LogP contribution in [0.4, 0.5) is 5.69 Å². The normalized spacial score (nSPS) is 22.8. The van der Waals surface area contributed by atoms with Crippen molar-refractivity contribution < 1.29 is 54.9 Å². The van der Waals surface area contributed by atoms with E-state index in [0.717, 1.165) is 39.0 Å². The van der Waals surface area contributed by atoms with Gasteiger partial charge in [-0.15, -0.1) is 0 Å². The van der Waals surface area contributed by atoms with Crippen molar-refractivity contribution in [3.8, 4) is 5.75 Å². The van der Waals surface area contributed by atoms with Gasteiger partial charge in [0, 0.05) is 25.0 Å². The lowest BCUT2D eigenvalue weighted by atomic mass is 9.54. The van der Waals surface area contributed by atoms with Crippen molar-refractivity contribution in [1.29, 1.82) is 0 Å². The highest BCUT2D eigenvalue weighted by molar-refractivity contribution is 7.95. The summed E-state index contributed by atoms with van der Waals surface area (Å²) in [6.07, 6.45) is 3.84. The number of Topliss-reactive ketones (excluding diaryl/α,β-unsaturated/α-hetero) is 2. The molecule has 7 rings (SSSR count). The molecule has 8 N–H and O–H groups in total. The van der Waals surface area contributed by atoms with Crippen molar-refractivity contribution in [2.45, 2.75) is 69.1 Å². The molecule has 14 nitrogen and oxygen atoms in total. The van der Waals surface area contributed by atoms with Gasteiger partial charge in [0.15, 0.2) is 11.4 Å². The number of phenolic OH excluding ortho intramolecular Hbond substituents is 1. The second kappa shape index (κ2) is 20.0. The SMILES string of the molecule is CO[O-].C[C@H]1c2ccc(NC(=O)CCCCCCC[P+](c3ccccc3)(c3ccccc3)c3ccccc3)c(O)c2C(O)=C2C(=O)[C@]3(O)C(O)=C(C(N)=O)C(=O)[C@@H](N(C)C)[C@@H]3[C@@H](O)[C@@H]21. The number of carbonyl (C=O) groups is 4. The molecule has 0 aromatic heterocycles. The Labute approximate surface area is 373 Å². The van der Waals surface area contributed by atoms with Gasteiger partial charge in [0.25, 0.3) is 5.91 Å². The van der Waals surface area contributed by atoms with E-state index in [1.165, 1.54) is 41.0 Å². The molecule has 338 valence electrons. The molecule has 0 unspecified atom stereocenters. The van der Waals surface area contributed by atoms with E-state index in [4.69, 9.17) is 11.0 Å². The lowest BCUT2D eigenvalue weighted by Crippen LogP contribution is -2.70. The molecule has 64 heavy (non-hydrogen) atoms. The highest BCUT2D eigenvalue weighted by Crippen LogP contribution is 2.58. The Morgan fingerprint density at radius 2 is 1.33 bits per heavy atom. The number of nitrogens with two attached hydrogens (primary N) is 1. The third-order valence-electron chi connectivity index (χ3n) is 12.9. The number of nitrogens with one attached hydrogen (secondary N) is 1. The van der Waals surface area contributed by atoms with Crippen molar-refractivity contribution in [3.63, 3.8) is 0 Å². The maximum atomic E-state index is 14.3. The van der Waals surface area contributed by atoms with Gasteiger partial charge in [-0.1, -0.05) is 80.4 Å².